The van der Waals surface area contributed by atoms with Crippen LogP contribution in [0, 0.1) is 0 Å². The minimum atomic E-state index is -0.0932. The smallest absolute Gasteiger partial charge is 0.305 e. The molecular formula is C26H52O4. The largest absolute Gasteiger partial charge is 0.463 e. The Kier molecular flexibility index (Phi) is 25.9. The lowest BCUT2D eigenvalue weighted by atomic mass is 10.1. The lowest BCUT2D eigenvalue weighted by Crippen LogP contribution is -2.13. The molecule has 0 radical (unpaired) electrons. The van der Waals surface area contributed by atoms with Gasteiger partial charge in [0, 0.05) is 13.0 Å². The van der Waals surface area contributed by atoms with E-state index < -0.39 is 0 Å². The molecule has 0 unspecified atom stereocenters. The van der Waals surface area contributed by atoms with E-state index in [9.17, 15) is 4.79 Å². The van der Waals surface area contributed by atoms with Crippen LogP contribution < -0.4 is 0 Å². The molecule has 0 N–H and O–H groups in total. The molecule has 0 aromatic carbocycles. The molecule has 0 aliphatic carbocycles. The molecule has 0 fully saturated rings. The van der Waals surface area contributed by atoms with Crippen LogP contribution in [0.4, 0.5) is 0 Å². The van der Waals surface area contributed by atoms with Crippen LogP contribution in [0.5, 0.6) is 0 Å². The second-order valence-corrected chi connectivity index (χ2v) is 8.50. The van der Waals surface area contributed by atoms with Crippen molar-refractivity contribution < 1.29 is 19.0 Å². The van der Waals surface area contributed by atoms with Gasteiger partial charge in [0.2, 0.25) is 0 Å². The van der Waals surface area contributed by atoms with E-state index >= 15 is 0 Å². The zero-order chi connectivity index (χ0) is 22.0. The molecule has 0 heterocycles. The molecule has 0 bridgehead atoms. The Morgan fingerprint density at radius 1 is 0.467 bits per heavy atom. The van der Waals surface area contributed by atoms with Crippen molar-refractivity contribution in [2.45, 2.75) is 129 Å². The summed E-state index contributed by atoms with van der Waals surface area (Å²) in [6, 6.07) is 0. The highest BCUT2D eigenvalue weighted by molar-refractivity contribution is 5.69. The standard InChI is InChI=1S/C26H52O4/c1-3-5-7-9-11-12-13-15-17-19-21-28-22-23-29-24-25-30-26(27)20-18-16-14-10-8-6-4-2/h3-25H2,1-2H3. The fraction of sp³-hybridized carbons (Fsp3) is 0.962. The highest BCUT2D eigenvalue weighted by Gasteiger charge is 2.02. The van der Waals surface area contributed by atoms with Gasteiger partial charge in [-0.25, -0.2) is 0 Å². The molecule has 0 aromatic heterocycles. The maximum atomic E-state index is 11.6. The molecule has 4 nitrogen and oxygen atoms in total. The van der Waals surface area contributed by atoms with Gasteiger partial charge < -0.3 is 14.2 Å². The molecule has 0 spiro atoms. The topological polar surface area (TPSA) is 44.8 Å². The van der Waals surface area contributed by atoms with Crippen LogP contribution in [-0.2, 0) is 19.0 Å². The Morgan fingerprint density at radius 3 is 1.40 bits per heavy atom. The molecule has 0 saturated heterocycles. The molecule has 0 rings (SSSR count). The average Bonchev–Trinajstić information content (AvgIpc) is 2.75. The van der Waals surface area contributed by atoms with Crippen LogP contribution in [0.2, 0.25) is 0 Å². The van der Waals surface area contributed by atoms with Crippen molar-refractivity contribution in [3.05, 3.63) is 0 Å². The number of esters is 1. The van der Waals surface area contributed by atoms with Crippen molar-refractivity contribution in [1.29, 1.82) is 0 Å². The van der Waals surface area contributed by atoms with Gasteiger partial charge in [0.05, 0.1) is 19.8 Å². The molecule has 0 aliphatic rings. The van der Waals surface area contributed by atoms with Crippen molar-refractivity contribution in [2.24, 2.45) is 0 Å². The normalized spacial score (nSPS) is 11.1. The second kappa shape index (κ2) is 26.4. The van der Waals surface area contributed by atoms with Crippen LogP contribution in [0.15, 0.2) is 0 Å². The van der Waals surface area contributed by atoms with Gasteiger partial charge in [-0.15, -0.1) is 0 Å². The first kappa shape index (κ1) is 29.4. The predicted molar refractivity (Wildman–Crippen MR) is 127 cm³/mol. The Bertz CT molecular complexity index is 333. The Hall–Kier alpha value is -0.610. The Balaban J connectivity index is 3.11. The minimum Gasteiger partial charge on any atom is -0.463 e. The van der Waals surface area contributed by atoms with Crippen LogP contribution in [0.25, 0.3) is 0 Å². The third-order valence-corrected chi connectivity index (χ3v) is 5.49. The molecule has 0 atom stereocenters. The first-order valence-electron chi connectivity index (χ1n) is 13.1. The summed E-state index contributed by atoms with van der Waals surface area (Å²) in [4.78, 5) is 11.6. The van der Waals surface area contributed by atoms with Crippen molar-refractivity contribution in [3.8, 4) is 0 Å². The number of carbonyl (C=O) groups is 1. The predicted octanol–water partition coefficient (Wildman–Crippen LogP) is 7.62. The Labute approximate surface area is 187 Å². The fourth-order valence-electron chi connectivity index (χ4n) is 3.53. The third-order valence-electron chi connectivity index (χ3n) is 5.49. The van der Waals surface area contributed by atoms with Gasteiger partial charge >= 0.3 is 5.97 Å². The van der Waals surface area contributed by atoms with Crippen LogP contribution in [-0.4, -0.2) is 39.0 Å². The van der Waals surface area contributed by atoms with E-state index in [0.29, 0.717) is 32.8 Å². The number of unbranched alkanes of at least 4 members (excludes halogenated alkanes) is 15. The van der Waals surface area contributed by atoms with E-state index in [2.05, 4.69) is 13.8 Å². The first-order chi connectivity index (χ1) is 14.8. The number of ether oxygens (including phenoxy) is 3. The molecule has 0 saturated carbocycles. The second-order valence-electron chi connectivity index (χ2n) is 8.50. The summed E-state index contributed by atoms with van der Waals surface area (Å²) in [5.74, 6) is -0.0932. The van der Waals surface area contributed by atoms with E-state index in [1.807, 2.05) is 0 Å². The lowest BCUT2D eigenvalue weighted by molar-refractivity contribution is -0.145. The lowest BCUT2D eigenvalue weighted by Gasteiger charge is -2.07. The molecule has 0 amide bonds. The van der Waals surface area contributed by atoms with E-state index in [4.69, 9.17) is 14.2 Å². The van der Waals surface area contributed by atoms with Crippen molar-refractivity contribution in [3.63, 3.8) is 0 Å². The summed E-state index contributed by atoms with van der Waals surface area (Å²) in [6.45, 7) is 7.35. The molecule has 4 heteroatoms. The van der Waals surface area contributed by atoms with E-state index in [1.54, 1.807) is 0 Å². The maximum Gasteiger partial charge on any atom is 0.305 e. The quantitative estimate of drug-likeness (QED) is 0.111. The van der Waals surface area contributed by atoms with Gasteiger partial charge in [0.15, 0.2) is 0 Å². The molecule has 180 valence electrons. The SMILES string of the molecule is CCCCCCCCCCCCOCCOCCOC(=O)CCCCCCCCC. The van der Waals surface area contributed by atoms with Crippen LogP contribution in [0.3, 0.4) is 0 Å². The summed E-state index contributed by atoms with van der Waals surface area (Å²) in [7, 11) is 0. The molecular weight excluding hydrogens is 376 g/mol. The zero-order valence-corrected chi connectivity index (χ0v) is 20.4. The summed E-state index contributed by atoms with van der Waals surface area (Å²) >= 11 is 0. The summed E-state index contributed by atoms with van der Waals surface area (Å²) in [6.07, 6.45) is 22.5. The van der Waals surface area contributed by atoms with Crippen molar-refractivity contribution in [2.75, 3.05) is 33.0 Å². The maximum absolute atomic E-state index is 11.6. The number of carbonyl (C=O) groups excluding carboxylic acids is 1. The van der Waals surface area contributed by atoms with Gasteiger partial charge in [-0.3, -0.25) is 4.79 Å². The van der Waals surface area contributed by atoms with Crippen molar-refractivity contribution >= 4 is 5.97 Å². The first-order valence-corrected chi connectivity index (χ1v) is 13.1. The fourth-order valence-corrected chi connectivity index (χ4v) is 3.53. The summed E-state index contributed by atoms with van der Waals surface area (Å²) < 4.78 is 16.3. The third kappa shape index (κ3) is 25.4. The molecule has 30 heavy (non-hydrogen) atoms. The number of rotatable bonds is 25. The van der Waals surface area contributed by atoms with Gasteiger partial charge in [-0.2, -0.15) is 0 Å². The molecule has 0 aromatic rings. The van der Waals surface area contributed by atoms with Gasteiger partial charge in [0.25, 0.3) is 0 Å². The minimum absolute atomic E-state index is 0.0932. The average molecular weight is 429 g/mol. The summed E-state index contributed by atoms with van der Waals surface area (Å²) in [5, 5.41) is 0. The number of hydrogen-bond acceptors (Lipinski definition) is 4. The van der Waals surface area contributed by atoms with E-state index in [0.717, 1.165) is 25.9 Å². The van der Waals surface area contributed by atoms with Crippen molar-refractivity contribution in [1.82, 2.24) is 0 Å². The summed E-state index contributed by atoms with van der Waals surface area (Å²) in [5.41, 5.74) is 0. The van der Waals surface area contributed by atoms with Gasteiger partial charge in [0.1, 0.15) is 6.61 Å². The van der Waals surface area contributed by atoms with Crippen LogP contribution in [0.1, 0.15) is 129 Å². The highest BCUT2D eigenvalue weighted by atomic mass is 16.6. The molecule has 0 aliphatic heterocycles. The Morgan fingerprint density at radius 2 is 0.867 bits per heavy atom. The van der Waals surface area contributed by atoms with E-state index in [1.165, 1.54) is 89.9 Å². The van der Waals surface area contributed by atoms with Gasteiger partial charge in [-0.05, 0) is 12.8 Å². The van der Waals surface area contributed by atoms with Crippen LogP contribution >= 0.6 is 0 Å². The monoisotopic (exact) mass is 428 g/mol. The number of hydrogen-bond donors (Lipinski definition) is 0. The van der Waals surface area contributed by atoms with E-state index in [-0.39, 0.29) is 5.97 Å². The highest BCUT2D eigenvalue weighted by Crippen LogP contribution is 2.10. The van der Waals surface area contributed by atoms with Gasteiger partial charge in [-0.1, -0.05) is 110 Å². The zero-order valence-electron chi connectivity index (χ0n) is 20.4.